The van der Waals surface area contributed by atoms with Gasteiger partial charge in [0.25, 0.3) is 0 Å². The number of unbranched alkanes of at least 4 members (excludes halogenated alkanes) is 4. The van der Waals surface area contributed by atoms with Gasteiger partial charge < -0.3 is 28.2 Å². The molecule has 0 aliphatic carbocycles. The lowest BCUT2D eigenvalue weighted by molar-refractivity contribution is -0.929. The molecule has 3 heteroatoms. The Hall–Kier alpha value is -1.06. The van der Waals surface area contributed by atoms with Crippen LogP contribution in [0.4, 0.5) is 0 Å². The lowest BCUT2D eigenvalue weighted by atomic mass is 10.1. The van der Waals surface area contributed by atoms with Crippen LogP contribution in [-0.2, 0) is 0 Å². The van der Waals surface area contributed by atoms with Gasteiger partial charge in [0.1, 0.15) is 0 Å². The summed E-state index contributed by atoms with van der Waals surface area (Å²) in [5.74, 6) is 0. The van der Waals surface area contributed by atoms with Crippen LogP contribution in [0.1, 0.15) is 80.5 Å². The summed E-state index contributed by atoms with van der Waals surface area (Å²) < 4.78 is 1.42. The molecule has 0 aliphatic heterocycles. The average molecular weight is 296 g/mol. The van der Waals surface area contributed by atoms with Gasteiger partial charge >= 0.3 is 1.43 Å². The van der Waals surface area contributed by atoms with E-state index in [1.165, 1.54) is 82.0 Å². The highest BCUT2D eigenvalue weighted by Crippen LogP contribution is 2.16. The predicted octanol–water partition coefficient (Wildman–Crippen LogP) is 5.31. The molecule has 0 radical (unpaired) electrons. The summed E-state index contributed by atoms with van der Waals surface area (Å²) >= 11 is 0. The molecule has 0 aromatic rings. The first-order chi connectivity index (χ1) is 10.2. The van der Waals surface area contributed by atoms with E-state index in [1.807, 2.05) is 0 Å². The van der Waals surface area contributed by atoms with Crippen LogP contribution in [0.15, 0.2) is 0 Å². The molecule has 0 amide bonds. The van der Waals surface area contributed by atoms with E-state index in [2.05, 4.69) is 27.7 Å². The van der Waals surface area contributed by atoms with Crippen molar-refractivity contribution in [2.45, 2.75) is 79.1 Å². The Balaban J connectivity index is -0.000000297. The Kier molecular flexibility index (Phi) is 25.2. The molecular formula is C18H37N3. The van der Waals surface area contributed by atoms with E-state index in [1.54, 1.807) is 0 Å². The Morgan fingerprint density at radius 2 is 0.762 bits per heavy atom. The molecule has 0 fully saturated rings. The van der Waals surface area contributed by atoms with Crippen LogP contribution in [0.5, 0.6) is 0 Å². The molecule has 0 aromatic carbocycles. The van der Waals surface area contributed by atoms with Gasteiger partial charge in [0.05, 0.1) is 26.2 Å². The first-order valence-corrected chi connectivity index (χ1v) is 8.54. The topological polar surface area (TPSA) is 47.6 Å². The average Bonchev–Trinajstić information content (AvgIpc) is 2.57. The first kappa shape index (κ1) is 24.9. The van der Waals surface area contributed by atoms with Gasteiger partial charge in [-0.1, -0.05) is 53.4 Å². The van der Waals surface area contributed by atoms with Gasteiger partial charge in [-0.15, -0.1) is 0 Å². The molecule has 0 aromatic heterocycles. The van der Waals surface area contributed by atoms with Gasteiger partial charge in [-0.3, -0.25) is 0 Å². The predicted molar refractivity (Wildman–Crippen MR) is 90.4 cm³/mol. The summed E-state index contributed by atoms with van der Waals surface area (Å²) in [7, 11) is 0. The van der Waals surface area contributed by atoms with Crippen LogP contribution in [0.25, 0.3) is 0 Å². The maximum atomic E-state index is 6.25. The molecule has 0 bridgehead atoms. The molecule has 0 unspecified atom stereocenters. The van der Waals surface area contributed by atoms with E-state index in [4.69, 9.17) is 23.7 Å². The maximum Gasteiger partial charge on any atom is 1.00 e. The minimum atomic E-state index is 0. The molecule has 0 saturated carbocycles. The second-order valence-corrected chi connectivity index (χ2v) is 5.65. The first-order valence-electron chi connectivity index (χ1n) is 8.54. The fraction of sp³-hybridized carbons (Fsp3) is 0.889. The third-order valence-electron chi connectivity index (χ3n) is 3.94. The van der Waals surface area contributed by atoms with Gasteiger partial charge in [0, 0.05) is 0 Å². The quantitative estimate of drug-likeness (QED) is 0.362. The van der Waals surface area contributed by atoms with Crippen molar-refractivity contribution in [2.24, 2.45) is 0 Å². The number of hydrogen-bond donors (Lipinski definition) is 0. The van der Waals surface area contributed by atoms with Crippen molar-refractivity contribution >= 4 is 0 Å². The van der Waals surface area contributed by atoms with Gasteiger partial charge in [0.2, 0.25) is 0 Å². The highest BCUT2D eigenvalue weighted by molar-refractivity contribution is 4.49. The second-order valence-electron chi connectivity index (χ2n) is 5.65. The molecule has 21 heavy (non-hydrogen) atoms. The fourth-order valence-electron chi connectivity index (χ4n) is 2.64. The number of rotatable bonds is 12. The number of hydrogen-bond acceptors (Lipinski definition) is 2. The molecular weight excluding hydrogens is 258 g/mol. The highest BCUT2D eigenvalue weighted by Gasteiger charge is 2.24. The van der Waals surface area contributed by atoms with Crippen LogP contribution in [-0.4, -0.2) is 30.7 Å². The normalized spacial score (nSPS) is 9.90. The lowest BCUT2D eigenvalue weighted by Gasteiger charge is -2.39. The van der Waals surface area contributed by atoms with E-state index < -0.39 is 0 Å². The van der Waals surface area contributed by atoms with Crippen LogP contribution in [0.3, 0.4) is 0 Å². The van der Waals surface area contributed by atoms with Crippen molar-refractivity contribution in [1.82, 2.24) is 0 Å². The molecule has 0 saturated heterocycles. The largest absolute Gasteiger partial charge is 1.00 e. The summed E-state index contributed by atoms with van der Waals surface area (Å²) in [4.78, 5) is 0. The van der Waals surface area contributed by atoms with E-state index >= 15 is 0 Å². The Morgan fingerprint density at radius 1 is 0.571 bits per heavy atom. The van der Waals surface area contributed by atoms with Crippen LogP contribution < -0.4 is 0 Å². The van der Waals surface area contributed by atoms with Gasteiger partial charge in [-0.2, -0.15) is 0 Å². The van der Waals surface area contributed by atoms with E-state index in [0.29, 0.717) is 0 Å². The standard InChI is InChI=1S/C16H36N.2CN/c1-5-9-13-17(14-10-6-2,15-11-7-3)16-12-8-4;2*1-2/h5-16H2,1-4H3;;/q+1;2*-1/p+1. The minimum absolute atomic E-state index is 0. The lowest BCUT2D eigenvalue weighted by Crippen LogP contribution is -2.50. The summed E-state index contributed by atoms with van der Waals surface area (Å²) in [6.45, 7) is 24.5. The SMILES string of the molecule is CCCC[N+](CCCC)(CCCC)CCCC.[C-]#N.[C-]#N.[H+]. The Morgan fingerprint density at radius 3 is 0.905 bits per heavy atom. The Bertz CT molecular complexity index is 183. The molecule has 124 valence electrons. The number of nitrogens with zero attached hydrogens (tertiary/aromatic N) is 3. The zero-order valence-corrected chi connectivity index (χ0v) is 14.8. The van der Waals surface area contributed by atoms with E-state index in [9.17, 15) is 0 Å². The smallest absolute Gasteiger partial charge is 0.512 e. The summed E-state index contributed by atoms with van der Waals surface area (Å²) in [5, 5.41) is 12.5. The van der Waals surface area contributed by atoms with Crippen LogP contribution in [0.2, 0.25) is 0 Å². The summed E-state index contributed by atoms with van der Waals surface area (Å²) in [5.41, 5.74) is 0. The summed E-state index contributed by atoms with van der Waals surface area (Å²) in [6.07, 6.45) is 11.1. The fourth-order valence-corrected chi connectivity index (χ4v) is 2.64. The van der Waals surface area contributed by atoms with Gasteiger partial charge in [0.15, 0.2) is 0 Å². The molecule has 0 aliphatic rings. The third-order valence-corrected chi connectivity index (χ3v) is 3.94. The molecule has 0 atom stereocenters. The van der Waals surface area contributed by atoms with Crippen LogP contribution >= 0.6 is 0 Å². The van der Waals surface area contributed by atoms with E-state index in [0.717, 1.165) is 0 Å². The number of quaternary nitrogens is 1. The van der Waals surface area contributed by atoms with Crippen molar-refractivity contribution in [2.75, 3.05) is 26.2 Å². The zero-order chi connectivity index (χ0) is 17.0. The highest BCUT2D eigenvalue weighted by atomic mass is 15.3. The second kappa shape index (κ2) is 21.2. The Labute approximate surface area is 135 Å². The van der Waals surface area contributed by atoms with Gasteiger partial charge in [-0.05, 0) is 25.7 Å². The van der Waals surface area contributed by atoms with E-state index in [-0.39, 0.29) is 1.43 Å². The minimum Gasteiger partial charge on any atom is -0.512 e. The van der Waals surface area contributed by atoms with Crippen molar-refractivity contribution in [3.63, 3.8) is 0 Å². The van der Waals surface area contributed by atoms with Crippen molar-refractivity contribution in [3.05, 3.63) is 13.1 Å². The summed E-state index contributed by atoms with van der Waals surface area (Å²) in [6, 6.07) is 0. The van der Waals surface area contributed by atoms with Crippen LogP contribution in [0, 0.1) is 23.7 Å². The molecule has 0 rings (SSSR count). The maximum absolute atomic E-state index is 6.25. The molecule has 0 N–H and O–H groups in total. The monoisotopic (exact) mass is 295 g/mol. The third kappa shape index (κ3) is 15.2. The molecule has 0 spiro atoms. The zero-order valence-electron chi connectivity index (χ0n) is 15.8. The molecule has 3 nitrogen and oxygen atoms in total. The van der Waals surface area contributed by atoms with Gasteiger partial charge in [-0.25, -0.2) is 0 Å². The van der Waals surface area contributed by atoms with Crippen molar-refractivity contribution < 1.29 is 5.91 Å². The van der Waals surface area contributed by atoms with Crippen molar-refractivity contribution in [1.29, 1.82) is 10.5 Å². The molecule has 0 heterocycles. The van der Waals surface area contributed by atoms with Crippen molar-refractivity contribution in [3.8, 4) is 0 Å².